The fourth-order valence-electron chi connectivity index (χ4n) is 2.84. The van der Waals surface area contributed by atoms with Crippen molar-refractivity contribution in [3.8, 4) is 0 Å². The third-order valence-corrected chi connectivity index (χ3v) is 4.69. The summed E-state index contributed by atoms with van der Waals surface area (Å²) in [7, 11) is 2.14. The van der Waals surface area contributed by atoms with Gasteiger partial charge in [0.25, 0.3) is 0 Å². The van der Waals surface area contributed by atoms with E-state index in [9.17, 15) is 0 Å². The Hall–Kier alpha value is -1.54. The summed E-state index contributed by atoms with van der Waals surface area (Å²) in [5.74, 6) is 0.293. The van der Waals surface area contributed by atoms with Crippen LogP contribution in [0.25, 0.3) is 0 Å². The predicted molar refractivity (Wildman–Crippen MR) is 101 cm³/mol. The van der Waals surface area contributed by atoms with Crippen molar-refractivity contribution in [2.24, 2.45) is 0 Å². The number of likely N-dealkylation sites (N-methyl/N-ethyl adjacent to an activating group) is 1. The van der Waals surface area contributed by atoms with Crippen LogP contribution in [0.3, 0.4) is 0 Å². The largest absolute Gasteiger partial charge is 0.301 e. The minimum Gasteiger partial charge on any atom is -0.301 e. The van der Waals surface area contributed by atoms with Gasteiger partial charge >= 0.3 is 0 Å². The molecule has 1 nitrogen and oxygen atoms in total. The van der Waals surface area contributed by atoms with Crippen molar-refractivity contribution in [3.63, 3.8) is 0 Å². The van der Waals surface area contributed by atoms with Crippen LogP contribution in [0.1, 0.15) is 22.6 Å². The van der Waals surface area contributed by atoms with E-state index < -0.39 is 0 Å². The molecule has 0 amide bonds. The maximum absolute atomic E-state index is 6.45. The van der Waals surface area contributed by atoms with Crippen LogP contribution in [0, 0.1) is 0 Å². The Kier molecular flexibility index (Phi) is 6.47. The van der Waals surface area contributed by atoms with Crippen molar-refractivity contribution in [1.82, 2.24) is 4.90 Å². The zero-order valence-corrected chi connectivity index (χ0v) is 14.8. The van der Waals surface area contributed by atoms with Gasteiger partial charge in [-0.3, -0.25) is 0 Å². The molecule has 1 unspecified atom stereocenters. The smallest absolute Gasteiger partial charge is 0.0634 e. The maximum Gasteiger partial charge on any atom is 0.0634 e. The van der Waals surface area contributed by atoms with Crippen LogP contribution in [-0.2, 0) is 6.54 Å². The molecule has 1 aliphatic rings. The minimum absolute atomic E-state index is 0.293. The van der Waals surface area contributed by atoms with Gasteiger partial charge in [-0.05, 0) is 29.8 Å². The van der Waals surface area contributed by atoms with Gasteiger partial charge in [-0.1, -0.05) is 84.9 Å². The average molecular weight is 346 g/mol. The van der Waals surface area contributed by atoms with Crippen LogP contribution in [0.4, 0.5) is 0 Å². The zero-order chi connectivity index (χ0) is 16.8. The van der Waals surface area contributed by atoms with Gasteiger partial charge in [0.2, 0.25) is 0 Å². The molecule has 0 spiro atoms. The van der Waals surface area contributed by atoms with Gasteiger partial charge in [-0.2, -0.15) is 0 Å². The Morgan fingerprint density at radius 3 is 2.30 bits per heavy atom. The van der Waals surface area contributed by atoms with E-state index in [0.29, 0.717) is 16.0 Å². The van der Waals surface area contributed by atoms with Crippen LogP contribution in [0.5, 0.6) is 0 Å². The van der Waals surface area contributed by atoms with E-state index in [0.717, 1.165) is 13.1 Å². The number of fused-ring (bicyclic) bond motifs is 1. The van der Waals surface area contributed by atoms with Gasteiger partial charge in [-0.25, -0.2) is 0 Å². The van der Waals surface area contributed by atoms with Crippen molar-refractivity contribution in [1.29, 1.82) is 0 Å². The summed E-state index contributed by atoms with van der Waals surface area (Å²) in [6, 6.07) is 14.5. The summed E-state index contributed by atoms with van der Waals surface area (Å²) < 4.78 is 0. The van der Waals surface area contributed by atoms with Crippen LogP contribution < -0.4 is 0 Å². The van der Waals surface area contributed by atoms with Gasteiger partial charge in [0.05, 0.1) is 10.0 Å². The SMILES string of the molecule is C=CC=C.CN1Cc2ccc(Cl)c(Cl)c2C(c2ccccc2)C1. The molecule has 0 N–H and O–H groups in total. The van der Waals surface area contributed by atoms with Crippen LogP contribution in [-0.4, -0.2) is 18.5 Å². The monoisotopic (exact) mass is 345 g/mol. The molecule has 0 bridgehead atoms. The van der Waals surface area contributed by atoms with E-state index >= 15 is 0 Å². The van der Waals surface area contributed by atoms with Gasteiger partial charge in [0.15, 0.2) is 0 Å². The summed E-state index contributed by atoms with van der Waals surface area (Å²) in [5.41, 5.74) is 3.76. The summed E-state index contributed by atoms with van der Waals surface area (Å²) in [6.07, 6.45) is 3.28. The topological polar surface area (TPSA) is 3.24 Å². The highest BCUT2D eigenvalue weighted by Crippen LogP contribution is 2.40. The Morgan fingerprint density at radius 2 is 1.70 bits per heavy atom. The van der Waals surface area contributed by atoms with Crippen molar-refractivity contribution >= 4 is 23.2 Å². The molecule has 3 heteroatoms. The first kappa shape index (κ1) is 17.8. The molecule has 2 aromatic carbocycles. The first-order valence-corrected chi connectivity index (χ1v) is 8.27. The van der Waals surface area contributed by atoms with Gasteiger partial charge < -0.3 is 4.90 Å². The Labute approximate surface area is 148 Å². The number of benzene rings is 2. The Bertz CT molecular complexity index is 674. The van der Waals surface area contributed by atoms with E-state index in [1.165, 1.54) is 16.7 Å². The summed E-state index contributed by atoms with van der Waals surface area (Å²) in [5, 5.41) is 1.35. The second-order valence-corrected chi connectivity index (χ2v) is 6.35. The molecule has 3 rings (SSSR count). The molecule has 1 atom stereocenters. The highest BCUT2D eigenvalue weighted by Gasteiger charge is 2.27. The second-order valence-electron chi connectivity index (χ2n) is 5.57. The Balaban J connectivity index is 0.000000433. The van der Waals surface area contributed by atoms with Crippen LogP contribution in [0.2, 0.25) is 10.0 Å². The molecule has 2 aromatic rings. The quantitative estimate of drug-likeness (QED) is 0.609. The first-order valence-electron chi connectivity index (χ1n) is 7.52. The van der Waals surface area contributed by atoms with Gasteiger partial charge in [0, 0.05) is 19.0 Å². The standard InChI is InChI=1S/C16H15Cl2N.C4H6/c1-19-9-12-7-8-14(17)16(18)15(12)13(10-19)11-5-3-2-4-6-11;1-3-4-2/h2-8,13H,9-10H2,1H3;3-4H,1-2H2. The highest BCUT2D eigenvalue weighted by atomic mass is 35.5. The lowest BCUT2D eigenvalue weighted by Crippen LogP contribution is -2.31. The average Bonchev–Trinajstić information content (AvgIpc) is 2.58. The number of halogens is 2. The van der Waals surface area contributed by atoms with Crippen molar-refractivity contribution in [2.75, 3.05) is 13.6 Å². The van der Waals surface area contributed by atoms with Crippen LogP contribution >= 0.6 is 23.2 Å². The van der Waals surface area contributed by atoms with Crippen molar-refractivity contribution < 1.29 is 0 Å². The lowest BCUT2D eigenvalue weighted by atomic mass is 9.85. The molecular formula is C20H21Cl2N. The summed E-state index contributed by atoms with van der Waals surface area (Å²) in [4.78, 5) is 2.32. The lowest BCUT2D eigenvalue weighted by Gasteiger charge is -2.33. The van der Waals surface area contributed by atoms with Gasteiger partial charge in [-0.15, -0.1) is 0 Å². The fourth-order valence-corrected chi connectivity index (χ4v) is 3.32. The molecule has 23 heavy (non-hydrogen) atoms. The molecule has 0 saturated heterocycles. The number of hydrogen-bond donors (Lipinski definition) is 0. The third-order valence-electron chi connectivity index (χ3n) is 3.87. The molecule has 0 aromatic heterocycles. The predicted octanol–water partition coefficient (Wildman–Crippen LogP) is 5.93. The van der Waals surface area contributed by atoms with Crippen LogP contribution in [0.15, 0.2) is 67.8 Å². The van der Waals surface area contributed by atoms with E-state index in [1.54, 1.807) is 12.2 Å². The number of allylic oxidation sites excluding steroid dienone is 2. The zero-order valence-electron chi connectivity index (χ0n) is 13.3. The third kappa shape index (κ3) is 4.26. The molecule has 0 aliphatic carbocycles. The number of rotatable bonds is 2. The van der Waals surface area contributed by atoms with E-state index in [1.807, 2.05) is 12.1 Å². The fraction of sp³-hybridized carbons (Fsp3) is 0.200. The van der Waals surface area contributed by atoms with E-state index in [-0.39, 0.29) is 0 Å². The van der Waals surface area contributed by atoms with Crippen molar-refractivity contribution in [2.45, 2.75) is 12.5 Å². The summed E-state index contributed by atoms with van der Waals surface area (Å²) in [6.45, 7) is 8.62. The highest BCUT2D eigenvalue weighted by molar-refractivity contribution is 6.42. The minimum atomic E-state index is 0.293. The molecule has 1 aliphatic heterocycles. The summed E-state index contributed by atoms with van der Waals surface area (Å²) >= 11 is 12.6. The lowest BCUT2D eigenvalue weighted by molar-refractivity contribution is 0.295. The molecule has 0 saturated carbocycles. The molecule has 0 fully saturated rings. The molecular weight excluding hydrogens is 325 g/mol. The number of nitrogens with zero attached hydrogens (tertiary/aromatic N) is 1. The molecule has 1 heterocycles. The first-order chi connectivity index (χ1) is 11.1. The molecule has 0 radical (unpaired) electrons. The normalized spacial score (nSPS) is 16.7. The number of hydrogen-bond acceptors (Lipinski definition) is 1. The van der Waals surface area contributed by atoms with Gasteiger partial charge in [0.1, 0.15) is 0 Å². The maximum atomic E-state index is 6.45. The van der Waals surface area contributed by atoms with E-state index in [4.69, 9.17) is 23.2 Å². The van der Waals surface area contributed by atoms with E-state index in [2.05, 4.69) is 55.4 Å². The van der Waals surface area contributed by atoms with Crippen molar-refractivity contribution in [3.05, 3.63) is 94.5 Å². The molecule has 120 valence electrons. The Morgan fingerprint density at radius 1 is 1.04 bits per heavy atom. The second kappa shape index (κ2) is 8.35.